The summed E-state index contributed by atoms with van der Waals surface area (Å²) in [5.41, 5.74) is 0.544. The van der Waals surface area contributed by atoms with Crippen molar-refractivity contribution in [3.63, 3.8) is 0 Å². The molecule has 0 spiro atoms. The number of phenols is 3. The Bertz CT molecular complexity index is 733. The lowest BCUT2D eigenvalue weighted by atomic mass is 10.1. The zero-order chi connectivity index (χ0) is 17.0. The molecule has 0 aliphatic carbocycles. The van der Waals surface area contributed by atoms with E-state index in [9.17, 15) is 24.9 Å². The van der Waals surface area contributed by atoms with Gasteiger partial charge in [-0.2, -0.15) is 0 Å². The average molecular weight is 317 g/mol. The highest BCUT2D eigenvalue weighted by molar-refractivity contribution is 5.94. The molecule has 0 saturated carbocycles. The van der Waals surface area contributed by atoms with Gasteiger partial charge in [-0.25, -0.2) is 4.79 Å². The summed E-state index contributed by atoms with van der Waals surface area (Å²) in [4.78, 5) is 22.7. The first kappa shape index (κ1) is 16.2. The lowest BCUT2D eigenvalue weighted by Gasteiger charge is -2.09. The number of phenolic OH excluding ortho intramolecular Hbond substituents is 3. The second-order valence-corrected chi connectivity index (χ2v) is 4.90. The normalized spacial score (nSPS) is 10.3. The number of rotatable bonds is 5. The number of carboxylic acid groups (broad SMARTS) is 1. The van der Waals surface area contributed by atoms with Crippen molar-refractivity contribution in [1.82, 2.24) is 0 Å². The topological polar surface area (TPSA) is 127 Å². The smallest absolute Gasteiger partial charge is 0.335 e. The van der Waals surface area contributed by atoms with Crippen molar-refractivity contribution in [1.29, 1.82) is 0 Å². The Kier molecular flexibility index (Phi) is 4.70. The number of carbonyl (C=O) groups excluding carboxylic acids is 1. The predicted molar refractivity (Wildman–Crippen MR) is 81.8 cm³/mol. The van der Waals surface area contributed by atoms with Crippen LogP contribution in [0.5, 0.6) is 17.2 Å². The van der Waals surface area contributed by atoms with Gasteiger partial charge in [-0.05, 0) is 24.6 Å². The van der Waals surface area contributed by atoms with Gasteiger partial charge in [-0.3, -0.25) is 4.79 Å². The molecule has 0 saturated heterocycles. The number of amides is 1. The maximum atomic E-state index is 11.9. The van der Waals surface area contributed by atoms with E-state index in [1.54, 1.807) is 6.07 Å². The number of aromatic carboxylic acids is 1. The lowest BCUT2D eigenvalue weighted by molar-refractivity contribution is -0.116. The molecule has 1 amide bonds. The third-order valence-corrected chi connectivity index (χ3v) is 3.18. The van der Waals surface area contributed by atoms with Gasteiger partial charge in [0.15, 0.2) is 0 Å². The molecule has 0 aromatic heterocycles. The van der Waals surface area contributed by atoms with Gasteiger partial charge in [0.25, 0.3) is 0 Å². The molecule has 0 aliphatic heterocycles. The van der Waals surface area contributed by atoms with E-state index in [-0.39, 0.29) is 41.2 Å². The maximum absolute atomic E-state index is 11.9. The van der Waals surface area contributed by atoms with Crippen LogP contribution in [0.3, 0.4) is 0 Å². The molecule has 120 valence electrons. The van der Waals surface area contributed by atoms with Crippen LogP contribution in [0.2, 0.25) is 0 Å². The SMILES string of the molecule is O=C(CCc1c(O)cc(O)cc1O)Nc1cccc(C(=O)O)c1. The third kappa shape index (κ3) is 4.13. The van der Waals surface area contributed by atoms with Gasteiger partial charge < -0.3 is 25.7 Å². The fourth-order valence-corrected chi connectivity index (χ4v) is 2.08. The van der Waals surface area contributed by atoms with Crippen LogP contribution in [0.25, 0.3) is 0 Å². The van der Waals surface area contributed by atoms with Gasteiger partial charge in [0.05, 0.1) is 5.56 Å². The first-order chi connectivity index (χ1) is 10.9. The van der Waals surface area contributed by atoms with Crippen molar-refractivity contribution in [3.8, 4) is 17.2 Å². The van der Waals surface area contributed by atoms with Crippen molar-refractivity contribution in [2.75, 3.05) is 5.32 Å². The maximum Gasteiger partial charge on any atom is 0.335 e. The highest BCUT2D eigenvalue weighted by atomic mass is 16.4. The van der Waals surface area contributed by atoms with Gasteiger partial charge in [0.1, 0.15) is 17.2 Å². The Hall–Kier alpha value is -3.22. The van der Waals surface area contributed by atoms with E-state index in [4.69, 9.17) is 5.11 Å². The van der Waals surface area contributed by atoms with Gasteiger partial charge in [-0.15, -0.1) is 0 Å². The van der Waals surface area contributed by atoms with Crippen molar-refractivity contribution in [2.24, 2.45) is 0 Å². The summed E-state index contributed by atoms with van der Waals surface area (Å²) in [6, 6.07) is 7.95. The number of anilines is 1. The van der Waals surface area contributed by atoms with Crippen LogP contribution < -0.4 is 5.32 Å². The molecule has 0 aliphatic rings. The standard InChI is InChI=1S/C16H15NO6/c18-11-7-13(19)12(14(20)8-11)4-5-15(21)17-10-3-1-2-9(6-10)16(22)23/h1-3,6-8,18-20H,4-5H2,(H,17,21)(H,22,23). The number of benzene rings is 2. The first-order valence-corrected chi connectivity index (χ1v) is 6.74. The first-order valence-electron chi connectivity index (χ1n) is 6.74. The Morgan fingerprint density at radius 2 is 1.65 bits per heavy atom. The zero-order valence-corrected chi connectivity index (χ0v) is 12.0. The molecule has 0 fully saturated rings. The summed E-state index contributed by atoms with van der Waals surface area (Å²) in [6.07, 6.45) is 0.0194. The Morgan fingerprint density at radius 3 is 2.26 bits per heavy atom. The molecule has 2 aromatic carbocycles. The van der Waals surface area contributed by atoms with Crippen molar-refractivity contribution < 1.29 is 30.0 Å². The van der Waals surface area contributed by atoms with E-state index >= 15 is 0 Å². The van der Waals surface area contributed by atoms with E-state index < -0.39 is 11.9 Å². The number of nitrogens with one attached hydrogen (secondary N) is 1. The molecule has 2 aromatic rings. The molecule has 7 nitrogen and oxygen atoms in total. The fourth-order valence-electron chi connectivity index (χ4n) is 2.08. The molecular formula is C16H15NO6. The van der Waals surface area contributed by atoms with Crippen LogP contribution in [0.4, 0.5) is 5.69 Å². The van der Waals surface area contributed by atoms with E-state index in [1.807, 2.05) is 0 Å². The Balaban J connectivity index is 2.01. The second kappa shape index (κ2) is 6.69. The van der Waals surface area contributed by atoms with E-state index in [1.165, 1.54) is 18.2 Å². The largest absolute Gasteiger partial charge is 0.508 e. The van der Waals surface area contributed by atoms with Crippen LogP contribution in [-0.4, -0.2) is 32.3 Å². The van der Waals surface area contributed by atoms with Crippen molar-refractivity contribution >= 4 is 17.6 Å². The molecule has 2 rings (SSSR count). The number of hydrogen-bond donors (Lipinski definition) is 5. The number of hydrogen-bond acceptors (Lipinski definition) is 5. The van der Waals surface area contributed by atoms with E-state index in [0.717, 1.165) is 12.1 Å². The lowest BCUT2D eigenvalue weighted by Crippen LogP contribution is -2.13. The quantitative estimate of drug-likeness (QED) is 0.574. The van der Waals surface area contributed by atoms with Crippen molar-refractivity contribution in [2.45, 2.75) is 12.8 Å². The van der Waals surface area contributed by atoms with Gasteiger partial charge in [0.2, 0.25) is 5.91 Å². The minimum atomic E-state index is -1.10. The zero-order valence-electron chi connectivity index (χ0n) is 12.0. The van der Waals surface area contributed by atoms with Crippen LogP contribution >= 0.6 is 0 Å². The number of carboxylic acids is 1. The van der Waals surface area contributed by atoms with Crippen LogP contribution in [-0.2, 0) is 11.2 Å². The second-order valence-electron chi connectivity index (χ2n) is 4.90. The molecule has 5 N–H and O–H groups in total. The molecule has 0 atom stereocenters. The molecular weight excluding hydrogens is 302 g/mol. The summed E-state index contributed by atoms with van der Waals surface area (Å²) in [5.74, 6) is -2.38. The molecule has 23 heavy (non-hydrogen) atoms. The molecule has 0 unspecified atom stereocenters. The molecule has 0 bridgehead atoms. The number of carbonyl (C=O) groups is 2. The predicted octanol–water partition coefficient (Wildman–Crippen LogP) is 2.07. The minimum Gasteiger partial charge on any atom is -0.508 e. The van der Waals surface area contributed by atoms with Gasteiger partial charge in [0, 0.05) is 29.8 Å². The van der Waals surface area contributed by atoms with Crippen molar-refractivity contribution in [3.05, 3.63) is 47.5 Å². The summed E-state index contributed by atoms with van der Waals surface area (Å²) in [7, 11) is 0. The number of aromatic hydroxyl groups is 3. The summed E-state index contributed by atoms with van der Waals surface area (Å²) < 4.78 is 0. The van der Waals surface area contributed by atoms with Crippen LogP contribution in [0, 0.1) is 0 Å². The Morgan fingerprint density at radius 1 is 1.00 bits per heavy atom. The summed E-state index contributed by atoms with van der Waals surface area (Å²) in [6.45, 7) is 0. The molecule has 0 radical (unpaired) electrons. The average Bonchev–Trinajstić information content (AvgIpc) is 2.46. The summed E-state index contributed by atoms with van der Waals surface area (Å²) >= 11 is 0. The van der Waals surface area contributed by atoms with Crippen LogP contribution in [0.1, 0.15) is 22.3 Å². The monoisotopic (exact) mass is 317 g/mol. The van der Waals surface area contributed by atoms with Gasteiger partial charge in [-0.1, -0.05) is 6.07 Å². The summed E-state index contributed by atoms with van der Waals surface area (Å²) in [5, 5.41) is 40.0. The van der Waals surface area contributed by atoms with E-state index in [2.05, 4.69) is 5.32 Å². The highest BCUT2D eigenvalue weighted by Crippen LogP contribution is 2.32. The van der Waals surface area contributed by atoms with Crippen LogP contribution in [0.15, 0.2) is 36.4 Å². The highest BCUT2D eigenvalue weighted by Gasteiger charge is 2.12. The van der Waals surface area contributed by atoms with Gasteiger partial charge >= 0.3 is 5.97 Å². The molecule has 7 heteroatoms. The third-order valence-electron chi connectivity index (χ3n) is 3.18. The molecule has 0 heterocycles. The van der Waals surface area contributed by atoms with E-state index in [0.29, 0.717) is 5.69 Å². The fraction of sp³-hybridized carbons (Fsp3) is 0.125. The Labute approximate surface area is 131 Å². The minimum absolute atomic E-state index is 0.0385.